The van der Waals surface area contributed by atoms with E-state index in [2.05, 4.69) is 40.6 Å². The van der Waals surface area contributed by atoms with Gasteiger partial charge in [0.25, 0.3) is 0 Å². The number of thioether (sulfide) groups is 1. The van der Waals surface area contributed by atoms with Crippen LogP contribution in [0.1, 0.15) is 5.56 Å². The van der Waals surface area contributed by atoms with E-state index in [1.165, 1.54) is 0 Å². The molecule has 2 heterocycles. The van der Waals surface area contributed by atoms with Gasteiger partial charge in [-0.25, -0.2) is 0 Å². The maximum absolute atomic E-state index is 13.1. The number of hydrogen-bond donors (Lipinski definition) is 2. The van der Waals surface area contributed by atoms with Crippen LogP contribution >= 0.6 is 11.8 Å². The minimum Gasteiger partial charge on any atom is -0.497 e. The number of rotatable bonds is 8. The molecule has 2 aromatic carbocycles. The molecule has 0 spiro atoms. The summed E-state index contributed by atoms with van der Waals surface area (Å²) in [6, 6.07) is 11.8. The second kappa shape index (κ2) is 10.1. The molecule has 4 rings (SSSR count). The van der Waals surface area contributed by atoms with Gasteiger partial charge in [0.2, 0.25) is 5.91 Å². The van der Waals surface area contributed by atoms with E-state index in [1.54, 1.807) is 25.1 Å². The molecule has 1 aliphatic rings. The molecule has 1 amide bonds. The molecular weight excluding hydrogens is 424 g/mol. The second-order valence-corrected chi connectivity index (χ2v) is 9.16. The Labute approximate surface area is 192 Å². The first kappa shape index (κ1) is 22.2. The van der Waals surface area contributed by atoms with Gasteiger partial charge in [0, 0.05) is 29.0 Å². The molecule has 1 aromatic heterocycles. The number of fused-ring (bicyclic) bond motifs is 1. The first-order valence-electron chi connectivity index (χ1n) is 10.5. The number of methoxy groups -OCH3 is 1. The molecule has 0 saturated carbocycles. The van der Waals surface area contributed by atoms with Gasteiger partial charge in [0.05, 0.1) is 24.9 Å². The van der Waals surface area contributed by atoms with Crippen LogP contribution in [0.3, 0.4) is 0 Å². The monoisotopic (exact) mass is 452 g/mol. The van der Waals surface area contributed by atoms with E-state index in [-0.39, 0.29) is 11.8 Å². The minimum absolute atomic E-state index is 0.0380. The van der Waals surface area contributed by atoms with Gasteiger partial charge in [-0.1, -0.05) is 6.07 Å². The topological polar surface area (TPSA) is 79.5 Å². The van der Waals surface area contributed by atoms with E-state index in [0.29, 0.717) is 13.0 Å². The molecule has 1 aliphatic heterocycles. The molecule has 0 unspecified atom stereocenters. The summed E-state index contributed by atoms with van der Waals surface area (Å²) in [5, 5.41) is 10.0. The summed E-state index contributed by atoms with van der Waals surface area (Å²) in [7, 11) is 5.75. The lowest BCUT2D eigenvalue weighted by atomic mass is 9.95. The van der Waals surface area contributed by atoms with Crippen molar-refractivity contribution in [2.45, 2.75) is 11.3 Å². The first-order chi connectivity index (χ1) is 15.5. The normalized spacial score (nSPS) is 15.2. The van der Waals surface area contributed by atoms with E-state index in [0.717, 1.165) is 51.1 Å². The van der Waals surface area contributed by atoms with Crippen LogP contribution in [0.4, 0.5) is 5.69 Å². The van der Waals surface area contributed by atoms with E-state index < -0.39 is 0 Å². The van der Waals surface area contributed by atoms with Crippen molar-refractivity contribution in [1.29, 1.82) is 0 Å². The summed E-state index contributed by atoms with van der Waals surface area (Å²) in [6.07, 6.45) is 4.29. The van der Waals surface area contributed by atoms with E-state index in [4.69, 9.17) is 9.47 Å². The van der Waals surface area contributed by atoms with Gasteiger partial charge in [-0.15, -0.1) is 11.8 Å². The van der Waals surface area contributed by atoms with Crippen LogP contribution in [0, 0.1) is 5.92 Å². The maximum atomic E-state index is 13.1. The number of benzene rings is 2. The molecule has 0 fully saturated rings. The van der Waals surface area contributed by atoms with Gasteiger partial charge in [0.1, 0.15) is 18.1 Å². The molecule has 0 saturated heterocycles. The molecule has 1 atom stereocenters. The van der Waals surface area contributed by atoms with Crippen molar-refractivity contribution >= 4 is 23.4 Å². The standard InChI is InChI=1S/C24H28N4O3S/c1-28(2)8-9-32-23-12-16(19-13-25-26-14-19)4-6-21(23)27-24(29)18-10-17-11-20(30-3)5-7-22(17)31-15-18/h4-7,11-14,18H,8-10,15H2,1-3H3,(H,25,26)(H,27,29)/t18-/m1/s1. The molecule has 168 valence electrons. The first-order valence-corrected chi connectivity index (χ1v) is 11.5. The molecule has 8 heteroatoms. The fourth-order valence-electron chi connectivity index (χ4n) is 3.57. The summed E-state index contributed by atoms with van der Waals surface area (Å²) in [6.45, 7) is 1.31. The van der Waals surface area contributed by atoms with Crippen LogP contribution in [0.15, 0.2) is 53.7 Å². The van der Waals surface area contributed by atoms with Crippen LogP contribution in [-0.4, -0.2) is 61.1 Å². The number of aromatic amines is 1. The Balaban J connectivity index is 1.51. The Morgan fingerprint density at radius 2 is 2.16 bits per heavy atom. The Bertz CT molecular complexity index is 1070. The highest BCUT2D eigenvalue weighted by molar-refractivity contribution is 7.99. The third-order valence-corrected chi connectivity index (χ3v) is 6.45. The van der Waals surface area contributed by atoms with Crippen molar-refractivity contribution in [3.8, 4) is 22.6 Å². The largest absolute Gasteiger partial charge is 0.497 e. The van der Waals surface area contributed by atoms with Gasteiger partial charge < -0.3 is 19.7 Å². The highest BCUT2D eigenvalue weighted by atomic mass is 32.2. The smallest absolute Gasteiger partial charge is 0.231 e. The fraction of sp³-hybridized carbons (Fsp3) is 0.333. The molecule has 7 nitrogen and oxygen atoms in total. The number of hydrogen-bond acceptors (Lipinski definition) is 6. The van der Waals surface area contributed by atoms with Gasteiger partial charge in [0.15, 0.2) is 0 Å². The number of nitrogens with one attached hydrogen (secondary N) is 2. The zero-order valence-corrected chi connectivity index (χ0v) is 19.4. The van der Waals surface area contributed by atoms with Crippen LogP contribution in [0.25, 0.3) is 11.1 Å². The third kappa shape index (κ3) is 5.26. The Kier molecular flexibility index (Phi) is 7.02. The van der Waals surface area contributed by atoms with Crippen molar-refractivity contribution in [3.63, 3.8) is 0 Å². The quantitative estimate of drug-likeness (QED) is 0.504. The SMILES string of the molecule is COc1ccc2c(c1)C[C@@H](C(=O)Nc1ccc(-c3cn[nH]c3)cc1SCCN(C)C)CO2. The lowest BCUT2D eigenvalue weighted by Crippen LogP contribution is -2.32. The highest BCUT2D eigenvalue weighted by Gasteiger charge is 2.27. The zero-order valence-electron chi connectivity index (χ0n) is 18.6. The number of amides is 1. The third-order valence-electron chi connectivity index (χ3n) is 5.41. The number of aromatic nitrogens is 2. The van der Waals surface area contributed by atoms with Crippen LogP contribution in [0.5, 0.6) is 11.5 Å². The van der Waals surface area contributed by atoms with Gasteiger partial charge in [-0.2, -0.15) is 5.10 Å². The summed E-state index contributed by atoms with van der Waals surface area (Å²) in [4.78, 5) is 16.3. The number of ether oxygens (including phenoxy) is 2. The molecule has 2 N–H and O–H groups in total. The Morgan fingerprint density at radius 3 is 2.91 bits per heavy atom. The van der Waals surface area contributed by atoms with E-state index in [9.17, 15) is 4.79 Å². The van der Waals surface area contributed by atoms with Gasteiger partial charge >= 0.3 is 0 Å². The number of carbonyl (C=O) groups is 1. The summed E-state index contributed by atoms with van der Waals surface area (Å²) >= 11 is 1.73. The zero-order chi connectivity index (χ0) is 22.5. The van der Waals surface area contributed by atoms with Crippen molar-refractivity contribution in [3.05, 3.63) is 54.4 Å². The second-order valence-electron chi connectivity index (χ2n) is 8.02. The number of anilines is 1. The summed E-state index contributed by atoms with van der Waals surface area (Å²) in [5.41, 5.74) is 3.89. The fourth-order valence-corrected chi connectivity index (χ4v) is 4.73. The van der Waals surface area contributed by atoms with Crippen molar-refractivity contribution in [2.75, 3.05) is 45.4 Å². The molecule has 0 radical (unpaired) electrons. The van der Waals surface area contributed by atoms with Crippen molar-refractivity contribution < 1.29 is 14.3 Å². The molecule has 0 bridgehead atoms. The minimum atomic E-state index is -0.261. The van der Waals surface area contributed by atoms with Crippen LogP contribution < -0.4 is 14.8 Å². The van der Waals surface area contributed by atoms with Gasteiger partial charge in [-0.3, -0.25) is 9.89 Å². The van der Waals surface area contributed by atoms with Crippen molar-refractivity contribution in [1.82, 2.24) is 15.1 Å². The number of nitrogens with zero attached hydrogens (tertiary/aromatic N) is 2. The van der Waals surface area contributed by atoms with Gasteiger partial charge in [-0.05, 0) is 62.0 Å². The lowest BCUT2D eigenvalue weighted by molar-refractivity contribution is -0.121. The lowest BCUT2D eigenvalue weighted by Gasteiger charge is -2.25. The average Bonchev–Trinajstić information content (AvgIpc) is 3.34. The summed E-state index contributed by atoms with van der Waals surface area (Å²) < 4.78 is 11.2. The van der Waals surface area contributed by atoms with E-state index in [1.807, 2.05) is 36.5 Å². The highest BCUT2D eigenvalue weighted by Crippen LogP contribution is 2.34. The molecule has 3 aromatic rings. The molecular formula is C24H28N4O3S. The predicted molar refractivity (Wildman–Crippen MR) is 128 cm³/mol. The molecule has 0 aliphatic carbocycles. The number of H-pyrrole nitrogens is 1. The van der Waals surface area contributed by atoms with Crippen molar-refractivity contribution in [2.24, 2.45) is 5.92 Å². The average molecular weight is 453 g/mol. The Hall–Kier alpha value is -2.97. The summed E-state index contributed by atoms with van der Waals surface area (Å²) in [5.74, 6) is 2.21. The number of carbonyl (C=O) groups excluding carboxylic acids is 1. The maximum Gasteiger partial charge on any atom is 0.231 e. The van der Waals surface area contributed by atoms with E-state index >= 15 is 0 Å². The molecule has 32 heavy (non-hydrogen) atoms. The predicted octanol–water partition coefficient (Wildman–Crippen LogP) is 3.93. The van der Waals surface area contributed by atoms with Crippen LogP contribution in [0.2, 0.25) is 0 Å². The Morgan fingerprint density at radius 1 is 1.28 bits per heavy atom. The van der Waals surface area contributed by atoms with Crippen LogP contribution in [-0.2, 0) is 11.2 Å².